The van der Waals surface area contributed by atoms with E-state index in [1.165, 1.54) is 11.3 Å². The first-order chi connectivity index (χ1) is 11.1. The first-order valence-corrected chi connectivity index (χ1v) is 8.56. The van der Waals surface area contributed by atoms with E-state index in [0.717, 1.165) is 32.5 Å². The Morgan fingerprint density at radius 2 is 2.22 bits per heavy atom. The summed E-state index contributed by atoms with van der Waals surface area (Å²) in [4.78, 5) is 16.9. The van der Waals surface area contributed by atoms with E-state index >= 15 is 0 Å². The lowest BCUT2D eigenvalue weighted by atomic mass is 10.1. The first kappa shape index (κ1) is 16.3. The zero-order valence-electron chi connectivity index (χ0n) is 14.1. The van der Waals surface area contributed by atoms with Gasteiger partial charge in [0.1, 0.15) is 0 Å². The predicted octanol–water partition coefficient (Wildman–Crippen LogP) is 1.62. The summed E-state index contributed by atoms with van der Waals surface area (Å²) in [5.41, 5.74) is 2.44. The van der Waals surface area contributed by atoms with Gasteiger partial charge in [-0.15, -0.1) is 0 Å². The maximum atomic E-state index is 12.7. The molecule has 2 aliphatic rings. The van der Waals surface area contributed by atoms with E-state index in [4.69, 9.17) is 4.74 Å². The number of benzene rings is 1. The van der Waals surface area contributed by atoms with Crippen molar-refractivity contribution in [2.45, 2.75) is 38.5 Å². The molecule has 1 fully saturated rings. The molecule has 2 heterocycles. The molecular formula is C18H27N3O2. The Bertz CT molecular complexity index is 543. The number of para-hydroxylation sites is 1. The highest BCUT2D eigenvalue weighted by Gasteiger charge is 2.26. The lowest BCUT2D eigenvalue weighted by Gasteiger charge is -2.29. The van der Waals surface area contributed by atoms with Crippen molar-refractivity contribution in [1.29, 1.82) is 0 Å². The number of hydrogen-bond acceptors (Lipinski definition) is 4. The van der Waals surface area contributed by atoms with Crippen molar-refractivity contribution in [3.8, 4) is 0 Å². The van der Waals surface area contributed by atoms with Crippen LogP contribution in [0.1, 0.15) is 25.3 Å². The minimum Gasteiger partial charge on any atom is -0.377 e. The molecule has 0 aliphatic carbocycles. The topological polar surface area (TPSA) is 44.8 Å². The van der Waals surface area contributed by atoms with Crippen LogP contribution in [0.2, 0.25) is 0 Å². The van der Waals surface area contributed by atoms with Gasteiger partial charge in [0.05, 0.1) is 12.6 Å². The number of likely N-dealkylation sites (N-methyl/N-ethyl adjacent to an activating group) is 1. The maximum absolute atomic E-state index is 12.7. The average Bonchev–Trinajstić information content (AvgIpc) is 3.01. The number of carbonyl (C=O) groups excluding carboxylic acids is 1. The standard InChI is InChI=1S/C18H27N3O2/c1-14-12-20(2)17-8-4-3-6-15(17)13-21(14)18(22)11-19-10-16-7-5-9-23-16/h3-4,6,8,14,16,19H,5,7,9-13H2,1-2H3/t14-,16-/m1/s1. The minimum absolute atomic E-state index is 0.167. The minimum atomic E-state index is 0.167. The van der Waals surface area contributed by atoms with Crippen molar-refractivity contribution >= 4 is 11.6 Å². The van der Waals surface area contributed by atoms with Crippen LogP contribution in [0.25, 0.3) is 0 Å². The molecule has 0 bridgehead atoms. The second kappa shape index (κ2) is 7.32. The molecule has 0 radical (unpaired) electrons. The Morgan fingerprint density at radius 1 is 1.39 bits per heavy atom. The van der Waals surface area contributed by atoms with Crippen molar-refractivity contribution < 1.29 is 9.53 Å². The average molecular weight is 317 g/mol. The molecule has 0 unspecified atom stereocenters. The summed E-state index contributed by atoms with van der Waals surface area (Å²) < 4.78 is 5.59. The molecule has 23 heavy (non-hydrogen) atoms. The molecule has 0 saturated carbocycles. The summed E-state index contributed by atoms with van der Waals surface area (Å²) in [7, 11) is 2.10. The summed E-state index contributed by atoms with van der Waals surface area (Å²) in [5, 5.41) is 3.27. The SMILES string of the molecule is C[C@@H]1CN(C)c2ccccc2CN1C(=O)CNC[C@H]1CCCO1. The Labute approximate surface area is 138 Å². The summed E-state index contributed by atoms with van der Waals surface area (Å²) in [6.07, 6.45) is 2.50. The largest absolute Gasteiger partial charge is 0.377 e. The molecular weight excluding hydrogens is 290 g/mol. The normalized spacial score (nSPS) is 24.4. The van der Waals surface area contributed by atoms with Gasteiger partial charge in [-0.3, -0.25) is 4.79 Å². The van der Waals surface area contributed by atoms with E-state index < -0.39 is 0 Å². The Morgan fingerprint density at radius 3 is 3.00 bits per heavy atom. The summed E-state index contributed by atoms with van der Waals surface area (Å²) >= 11 is 0. The predicted molar refractivity (Wildman–Crippen MR) is 91.6 cm³/mol. The number of rotatable bonds is 4. The number of anilines is 1. The highest BCUT2D eigenvalue weighted by Crippen LogP contribution is 2.25. The van der Waals surface area contributed by atoms with Crippen molar-refractivity contribution in [3.05, 3.63) is 29.8 Å². The van der Waals surface area contributed by atoms with Crippen molar-refractivity contribution in [1.82, 2.24) is 10.2 Å². The summed E-state index contributed by atoms with van der Waals surface area (Å²) in [5.74, 6) is 0.167. The molecule has 1 aromatic carbocycles. The molecule has 1 saturated heterocycles. The van der Waals surface area contributed by atoms with Crippen molar-refractivity contribution in [2.24, 2.45) is 0 Å². The summed E-state index contributed by atoms with van der Waals surface area (Å²) in [6, 6.07) is 8.54. The molecule has 1 aromatic rings. The molecule has 1 amide bonds. The van der Waals surface area contributed by atoms with Gasteiger partial charge >= 0.3 is 0 Å². The third-order valence-corrected chi connectivity index (χ3v) is 4.81. The lowest BCUT2D eigenvalue weighted by Crippen LogP contribution is -2.46. The third-order valence-electron chi connectivity index (χ3n) is 4.81. The van der Waals surface area contributed by atoms with Crippen molar-refractivity contribution in [3.63, 3.8) is 0 Å². The number of amides is 1. The van der Waals surface area contributed by atoms with Crippen LogP contribution in [0.3, 0.4) is 0 Å². The van der Waals surface area contributed by atoms with Crippen LogP contribution in [0.5, 0.6) is 0 Å². The van der Waals surface area contributed by atoms with Gasteiger partial charge in [-0.05, 0) is 31.4 Å². The van der Waals surface area contributed by atoms with Gasteiger partial charge in [0.2, 0.25) is 5.91 Å². The highest BCUT2D eigenvalue weighted by atomic mass is 16.5. The quantitative estimate of drug-likeness (QED) is 0.917. The van der Waals surface area contributed by atoms with Gasteiger partial charge in [0.25, 0.3) is 0 Å². The molecule has 2 atom stereocenters. The van der Waals surface area contributed by atoms with Crippen LogP contribution in [0, 0.1) is 0 Å². The third kappa shape index (κ3) is 3.85. The van der Waals surface area contributed by atoms with E-state index in [1.807, 2.05) is 11.0 Å². The Balaban J connectivity index is 1.60. The Kier molecular flexibility index (Phi) is 5.18. The Hall–Kier alpha value is -1.59. The maximum Gasteiger partial charge on any atom is 0.237 e. The smallest absolute Gasteiger partial charge is 0.237 e. The van der Waals surface area contributed by atoms with Gasteiger partial charge in [-0.25, -0.2) is 0 Å². The van der Waals surface area contributed by atoms with Crippen LogP contribution in [0.15, 0.2) is 24.3 Å². The van der Waals surface area contributed by atoms with Crippen LogP contribution in [0.4, 0.5) is 5.69 Å². The number of fused-ring (bicyclic) bond motifs is 1. The van der Waals surface area contributed by atoms with Crippen LogP contribution >= 0.6 is 0 Å². The fourth-order valence-electron chi connectivity index (χ4n) is 3.53. The van der Waals surface area contributed by atoms with Gasteiger partial charge in [0.15, 0.2) is 0 Å². The van der Waals surface area contributed by atoms with E-state index in [0.29, 0.717) is 13.1 Å². The van der Waals surface area contributed by atoms with Gasteiger partial charge in [-0.2, -0.15) is 0 Å². The van der Waals surface area contributed by atoms with E-state index in [2.05, 4.69) is 42.4 Å². The zero-order valence-corrected chi connectivity index (χ0v) is 14.1. The fraction of sp³-hybridized carbons (Fsp3) is 0.611. The molecule has 126 valence electrons. The number of hydrogen-bond donors (Lipinski definition) is 1. The number of ether oxygens (including phenoxy) is 1. The number of nitrogens with one attached hydrogen (secondary N) is 1. The summed E-state index contributed by atoms with van der Waals surface area (Å²) in [6.45, 7) is 5.67. The van der Waals surface area contributed by atoms with E-state index in [9.17, 15) is 4.79 Å². The van der Waals surface area contributed by atoms with E-state index in [1.54, 1.807) is 0 Å². The second-order valence-electron chi connectivity index (χ2n) is 6.65. The molecule has 5 heteroatoms. The molecule has 0 spiro atoms. The highest BCUT2D eigenvalue weighted by molar-refractivity contribution is 5.79. The monoisotopic (exact) mass is 317 g/mol. The van der Waals surface area contributed by atoms with Gasteiger partial charge < -0.3 is 19.9 Å². The molecule has 1 N–H and O–H groups in total. The lowest BCUT2D eigenvalue weighted by molar-refractivity contribution is -0.132. The van der Waals surface area contributed by atoms with Crippen molar-refractivity contribution in [2.75, 3.05) is 38.2 Å². The van der Waals surface area contributed by atoms with Crippen LogP contribution in [-0.2, 0) is 16.1 Å². The molecule has 3 rings (SSSR count). The zero-order chi connectivity index (χ0) is 16.2. The van der Waals surface area contributed by atoms with Crippen LogP contribution < -0.4 is 10.2 Å². The molecule has 5 nitrogen and oxygen atoms in total. The first-order valence-electron chi connectivity index (χ1n) is 8.56. The number of carbonyl (C=O) groups is 1. The van der Waals surface area contributed by atoms with Gasteiger partial charge in [-0.1, -0.05) is 18.2 Å². The van der Waals surface area contributed by atoms with Crippen LogP contribution in [-0.4, -0.2) is 56.2 Å². The molecule has 0 aromatic heterocycles. The molecule has 2 aliphatic heterocycles. The van der Waals surface area contributed by atoms with E-state index in [-0.39, 0.29) is 18.1 Å². The number of nitrogens with zero attached hydrogens (tertiary/aromatic N) is 2. The fourth-order valence-corrected chi connectivity index (χ4v) is 3.53. The van der Waals surface area contributed by atoms with Gasteiger partial charge in [0, 0.05) is 45.0 Å². The second-order valence-corrected chi connectivity index (χ2v) is 6.65.